The van der Waals surface area contributed by atoms with Crippen molar-refractivity contribution in [2.75, 3.05) is 0 Å². The minimum Gasteiger partial charge on any atom is -0.281 e. The number of hydrazone groups is 1. The Morgan fingerprint density at radius 1 is 0.920 bits per heavy atom. The number of hydrogen-bond acceptors (Lipinski definition) is 5. The van der Waals surface area contributed by atoms with Crippen molar-refractivity contribution in [2.45, 2.75) is 19.0 Å². The lowest BCUT2D eigenvalue weighted by Crippen LogP contribution is -2.21. The van der Waals surface area contributed by atoms with E-state index in [1.807, 2.05) is 29.3 Å². The fraction of sp³-hybridized carbons (Fsp3) is 0.158. The summed E-state index contributed by atoms with van der Waals surface area (Å²) >= 11 is 0. The van der Waals surface area contributed by atoms with Crippen molar-refractivity contribution in [2.24, 2.45) is 5.10 Å². The first-order valence-electron chi connectivity index (χ1n) is 8.07. The van der Waals surface area contributed by atoms with Gasteiger partial charge in [0.1, 0.15) is 11.9 Å². The van der Waals surface area contributed by atoms with Gasteiger partial charge in [0.05, 0.1) is 18.0 Å². The van der Waals surface area contributed by atoms with Crippen molar-refractivity contribution in [1.82, 2.24) is 20.0 Å². The number of nitrogens with zero attached hydrogens (tertiary/aromatic N) is 5. The highest BCUT2D eigenvalue weighted by molar-refractivity contribution is 6.00. The first kappa shape index (κ1) is 15.4. The van der Waals surface area contributed by atoms with Crippen LogP contribution in [0.15, 0.2) is 72.2 Å². The lowest BCUT2D eigenvalue weighted by molar-refractivity contribution is 0.213. The maximum Gasteiger partial charge on any atom is 0.152 e. The summed E-state index contributed by atoms with van der Waals surface area (Å²) in [5, 5.41) is 6.54. The minimum atomic E-state index is -0.239. The molecule has 4 rings (SSSR count). The van der Waals surface area contributed by atoms with Gasteiger partial charge in [-0.3, -0.25) is 9.99 Å². The smallest absolute Gasteiger partial charge is 0.152 e. The van der Waals surface area contributed by atoms with Crippen LogP contribution in [0.25, 0.3) is 0 Å². The van der Waals surface area contributed by atoms with Crippen molar-refractivity contribution in [3.05, 3.63) is 90.0 Å². The van der Waals surface area contributed by atoms with Crippen LogP contribution in [0.4, 0.5) is 4.39 Å². The lowest BCUT2D eigenvalue weighted by Gasteiger charge is -2.22. The molecule has 2 aromatic heterocycles. The third-order valence-corrected chi connectivity index (χ3v) is 4.13. The summed E-state index contributed by atoms with van der Waals surface area (Å²) in [6.07, 6.45) is 5.80. The fourth-order valence-corrected chi connectivity index (χ4v) is 2.90. The summed E-state index contributed by atoms with van der Waals surface area (Å²) in [4.78, 5) is 13.1. The quantitative estimate of drug-likeness (QED) is 0.735. The second-order valence-corrected chi connectivity index (χ2v) is 5.78. The van der Waals surface area contributed by atoms with Gasteiger partial charge in [0, 0.05) is 30.6 Å². The molecule has 3 heterocycles. The first-order chi connectivity index (χ1) is 12.3. The largest absolute Gasteiger partial charge is 0.281 e. The predicted octanol–water partition coefficient (Wildman–Crippen LogP) is 3.36. The van der Waals surface area contributed by atoms with E-state index in [0.717, 1.165) is 11.4 Å². The van der Waals surface area contributed by atoms with E-state index in [1.54, 1.807) is 36.8 Å². The van der Waals surface area contributed by atoms with E-state index in [2.05, 4.69) is 15.0 Å². The Kier molecular flexibility index (Phi) is 4.16. The van der Waals surface area contributed by atoms with Gasteiger partial charge in [0.2, 0.25) is 0 Å². The number of hydrogen-bond donors (Lipinski definition) is 0. The standard InChI is InChI=1S/C19H16FN5/c20-15-7-2-1-6-14(15)13-25-18(19-22-10-5-11-23-19)12-17(24-25)16-8-3-4-9-21-16/h1-11,18H,12-13H2. The number of benzene rings is 1. The third-order valence-electron chi connectivity index (χ3n) is 4.13. The van der Waals surface area contributed by atoms with Gasteiger partial charge < -0.3 is 0 Å². The molecule has 0 amide bonds. The Balaban J connectivity index is 1.68. The molecular formula is C19H16FN5. The van der Waals surface area contributed by atoms with Gasteiger partial charge in [-0.25, -0.2) is 14.4 Å². The van der Waals surface area contributed by atoms with Crippen LogP contribution in [0.2, 0.25) is 0 Å². The number of aromatic nitrogens is 3. The lowest BCUT2D eigenvalue weighted by atomic mass is 10.1. The molecule has 0 bridgehead atoms. The van der Waals surface area contributed by atoms with Gasteiger partial charge in [0.15, 0.2) is 5.82 Å². The van der Waals surface area contributed by atoms with Crippen LogP contribution in [-0.4, -0.2) is 25.7 Å². The SMILES string of the molecule is Fc1ccccc1CN1N=C(c2ccccn2)CC1c1ncccn1. The highest BCUT2D eigenvalue weighted by atomic mass is 19.1. The fourth-order valence-electron chi connectivity index (χ4n) is 2.90. The van der Waals surface area contributed by atoms with Crippen LogP contribution in [-0.2, 0) is 6.54 Å². The third kappa shape index (κ3) is 3.24. The van der Waals surface area contributed by atoms with Crippen LogP contribution >= 0.6 is 0 Å². The summed E-state index contributed by atoms with van der Waals surface area (Å²) in [6, 6.07) is 14.1. The van der Waals surface area contributed by atoms with Crippen molar-refractivity contribution in [1.29, 1.82) is 0 Å². The molecule has 5 nitrogen and oxygen atoms in total. The Bertz CT molecular complexity index is 883. The van der Waals surface area contributed by atoms with Crippen molar-refractivity contribution < 1.29 is 4.39 Å². The molecule has 25 heavy (non-hydrogen) atoms. The molecule has 0 N–H and O–H groups in total. The number of halogens is 1. The van der Waals surface area contributed by atoms with E-state index in [1.165, 1.54) is 6.07 Å². The van der Waals surface area contributed by atoms with E-state index in [9.17, 15) is 4.39 Å². The minimum absolute atomic E-state index is 0.141. The Morgan fingerprint density at radius 3 is 2.44 bits per heavy atom. The maximum atomic E-state index is 14.1. The molecule has 0 saturated heterocycles. The average molecular weight is 333 g/mol. The zero-order chi connectivity index (χ0) is 17.1. The second kappa shape index (κ2) is 6.76. The normalized spacial score (nSPS) is 16.8. The monoisotopic (exact) mass is 333 g/mol. The zero-order valence-electron chi connectivity index (χ0n) is 13.5. The summed E-state index contributed by atoms with van der Waals surface area (Å²) in [7, 11) is 0. The van der Waals surface area contributed by atoms with Crippen LogP contribution < -0.4 is 0 Å². The summed E-state index contributed by atoms with van der Waals surface area (Å²) < 4.78 is 14.1. The van der Waals surface area contributed by atoms with E-state index < -0.39 is 0 Å². The predicted molar refractivity (Wildman–Crippen MR) is 92.1 cm³/mol. The molecule has 0 saturated carbocycles. The summed E-state index contributed by atoms with van der Waals surface area (Å²) in [5.74, 6) is 0.435. The van der Waals surface area contributed by atoms with E-state index in [4.69, 9.17) is 5.10 Å². The Hall–Kier alpha value is -3.15. The van der Waals surface area contributed by atoms with Crippen LogP contribution in [0.5, 0.6) is 0 Å². The van der Waals surface area contributed by atoms with E-state index >= 15 is 0 Å². The van der Waals surface area contributed by atoms with E-state index in [0.29, 0.717) is 24.4 Å². The van der Waals surface area contributed by atoms with Crippen LogP contribution in [0.1, 0.15) is 29.5 Å². The average Bonchev–Trinajstić information content (AvgIpc) is 3.09. The molecule has 124 valence electrons. The number of pyridine rings is 1. The van der Waals surface area contributed by atoms with Gasteiger partial charge in [-0.05, 0) is 24.3 Å². The van der Waals surface area contributed by atoms with Crippen molar-refractivity contribution in [3.8, 4) is 0 Å². The molecule has 0 aliphatic carbocycles. The Labute approximate surface area is 144 Å². The molecule has 0 radical (unpaired) electrons. The first-order valence-corrected chi connectivity index (χ1v) is 8.07. The molecule has 1 aliphatic heterocycles. The topological polar surface area (TPSA) is 54.3 Å². The molecule has 0 fully saturated rings. The highest BCUT2D eigenvalue weighted by Crippen LogP contribution is 2.31. The van der Waals surface area contributed by atoms with Crippen LogP contribution in [0, 0.1) is 5.82 Å². The van der Waals surface area contributed by atoms with Crippen molar-refractivity contribution >= 4 is 5.71 Å². The summed E-state index contributed by atoms with van der Waals surface area (Å²) in [5.41, 5.74) is 2.27. The molecule has 0 spiro atoms. The van der Waals surface area contributed by atoms with Crippen molar-refractivity contribution in [3.63, 3.8) is 0 Å². The molecular weight excluding hydrogens is 317 g/mol. The highest BCUT2D eigenvalue weighted by Gasteiger charge is 2.31. The molecule has 1 aromatic carbocycles. The number of rotatable bonds is 4. The Morgan fingerprint density at radius 2 is 1.68 bits per heavy atom. The van der Waals surface area contributed by atoms with E-state index in [-0.39, 0.29) is 11.9 Å². The van der Waals surface area contributed by atoms with Gasteiger partial charge in [-0.2, -0.15) is 5.10 Å². The van der Waals surface area contributed by atoms with Gasteiger partial charge in [0.25, 0.3) is 0 Å². The molecule has 3 aromatic rings. The molecule has 1 aliphatic rings. The van der Waals surface area contributed by atoms with Crippen LogP contribution in [0.3, 0.4) is 0 Å². The second-order valence-electron chi connectivity index (χ2n) is 5.78. The van der Waals surface area contributed by atoms with Gasteiger partial charge >= 0.3 is 0 Å². The van der Waals surface area contributed by atoms with Gasteiger partial charge in [-0.1, -0.05) is 24.3 Å². The maximum absolute atomic E-state index is 14.1. The molecule has 1 unspecified atom stereocenters. The van der Waals surface area contributed by atoms with Gasteiger partial charge in [-0.15, -0.1) is 0 Å². The molecule has 1 atom stereocenters. The molecule has 6 heteroatoms. The zero-order valence-corrected chi connectivity index (χ0v) is 13.5. The summed E-state index contributed by atoms with van der Waals surface area (Å²) in [6.45, 7) is 0.353.